The number of primary amides is 1. The van der Waals surface area contributed by atoms with Crippen LogP contribution in [0.4, 0.5) is 0 Å². The molecule has 0 aliphatic heterocycles. The van der Waals surface area contributed by atoms with Gasteiger partial charge in [-0.05, 0) is 12.3 Å². The average Bonchev–Trinajstić information content (AvgIpc) is 3.25. The molecule has 178 valence electrons. The number of aromatic nitrogens is 2. The Morgan fingerprint density at radius 2 is 1.84 bits per heavy atom. The Kier molecular flexibility index (Phi) is 10.8. The zero-order valence-electron chi connectivity index (χ0n) is 18.1. The van der Waals surface area contributed by atoms with Crippen molar-refractivity contribution >= 4 is 29.6 Å². The van der Waals surface area contributed by atoms with Crippen LogP contribution in [-0.4, -0.2) is 69.3 Å². The molecule has 1 rings (SSSR count). The number of nitrogens with two attached hydrogens (primary N) is 2. The molecule has 13 nitrogen and oxygen atoms in total. The van der Waals surface area contributed by atoms with E-state index in [2.05, 4.69) is 25.9 Å². The van der Waals surface area contributed by atoms with Crippen LogP contribution in [0.25, 0.3) is 0 Å². The van der Waals surface area contributed by atoms with E-state index >= 15 is 0 Å². The minimum atomic E-state index is -1.37. The van der Waals surface area contributed by atoms with Crippen LogP contribution >= 0.6 is 0 Å². The maximum Gasteiger partial charge on any atom is 0.326 e. The number of hydrogen-bond donors (Lipinski definition) is 7. The normalized spacial score (nSPS) is 14.5. The molecule has 1 aromatic heterocycles. The molecule has 0 aromatic carbocycles. The van der Waals surface area contributed by atoms with Crippen LogP contribution in [0, 0.1) is 5.92 Å². The van der Waals surface area contributed by atoms with Crippen molar-refractivity contribution in [3.05, 3.63) is 18.2 Å². The van der Waals surface area contributed by atoms with Gasteiger partial charge in [0.2, 0.25) is 23.6 Å². The Bertz CT molecular complexity index is 798. The second-order valence-electron chi connectivity index (χ2n) is 7.43. The fourth-order valence-electron chi connectivity index (χ4n) is 2.68. The van der Waals surface area contributed by atoms with E-state index < -0.39 is 54.3 Å². The van der Waals surface area contributed by atoms with Crippen LogP contribution in [0.5, 0.6) is 0 Å². The molecule has 32 heavy (non-hydrogen) atoms. The van der Waals surface area contributed by atoms with E-state index in [0.717, 1.165) is 0 Å². The third kappa shape index (κ3) is 9.12. The number of aromatic amines is 1. The molecule has 0 saturated carbocycles. The molecule has 0 saturated heterocycles. The van der Waals surface area contributed by atoms with Crippen molar-refractivity contribution in [2.24, 2.45) is 17.4 Å². The van der Waals surface area contributed by atoms with Crippen molar-refractivity contribution < 1.29 is 29.1 Å². The number of H-pyrrole nitrogens is 1. The van der Waals surface area contributed by atoms with Crippen molar-refractivity contribution in [2.45, 2.75) is 57.7 Å². The monoisotopic (exact) mass is 453 g/mol. The number of nitrogens with one attached hydrogen (secondary N) is 4. The first-order valence-corrected chi connectivity index (χ1v) is 10.2. The van der Waals surface area contributed by atoms with Crippen LogP contribution in [-0.2, 0) is 30.4 Å². The molecule has 0 bridgehead atoms. The maximum absolute atomic E-state index is 12.7. The van der Waals surface area contributed by atoms with E-state index in [9.17, 15) is 29.1 Å². The Morgan fingerprint density at radius 1 is 1.16 bits per heavy atom. The highest BCUT2D eigenvalue weighted by Gasteiger charge is 2.28. The van der Waals surface area contributed by atoms with Crippen LogP contribution < -0.4 is 27.4 Å². The van der Waals surface area contributed by atoms with E-state index in [1.54, 1.807) is 0 Å². The summed E-state index contributed by atoms with van der Waals surface area (Å²) in [5, 5.41) is 16.5. The summed E-state index contributed by atoms with van der Waals surface area (Å²) in [6.07, 6.45) is 3.06. The van der Waals surface area contributed by atoms with Crippen molar-refractivity contribution in [2.75, 3.05) is 6.54 Å². The molecule has 4 atom stereocenters. The molecule has 4 amide bonds. The molecule has 9 N–H and O–H groups in total. The van der Waals surface area contributed by atoms with Crippen LogP contribution in [0.1, 0.15) is 38.8 Å². The second kappa shape index (κ2) is 13.0. The van der Waals surface area contributed by atoms with Gasteiger partial charge in [0.25, 0.3) is 0 Å². The van der Waals surface area contributed by atoms with Crippen LogP contribution in [0.15, 0.2) is 12.5 Å². The Morgan fingerprint density at radius 3 is 2.38 bits per heavy atom. The van der Waals surface area contributed by atoms with Crippen molar-refractivity contribution in [1.82, 2.24) is 25.9 Å². The lowest BCUT2D eigenvalue weighted by Gasteiger charge is -2.22. The van der Waals surface area contributed by atoms with E-state index in [1.807, 2.05) is 13.8 Å². The predicted octanol–water partition coefficient (Wildman–Crippen LogP) is -2.24. The SMILES string of the molecule is CCC(C)C(N)C(=O)NCC(=O)NC(Cc1cnc[nH]1)C(=O)NC(CCC(N)=O)C(=O)O. The van der Waals surface area contributed by atoms with Gasteiger partial charge in [0.05, 0.1) is 18.9 Å². The first-order valence-electron chi connectivity index (χ1n) is 10.2. The lowest BCUT2D eigenvalue weighted by Crippen LogP contribution is -2.54. The molecule has 1 heterocycles. The molecule has 0 spiro atoms. The quantitative estimate of drug-likeness (QED) is 0.163. The highest BCUT2D eigenvalue weighted by molar-refractivity contribution is 5.92. The zero-order valence-corrected chi connectivity index (χ0v) is 18.1. The lowest BCUT2D eigenvalue weighted by atomic mass is 9.99. The van der Waals surface area contributed by atoms with Gasteiger partial charge in [0.1, 0.15) is 12.1 Å². The molecule has 0 radical (unpaired) electrons. The smallest absolute Gasteiger partial charge is 0.326 e. The van der Waals surface area contributed by atoms with Crippen LogP contribution in [0.2, 0.25) is 0 Å². The van der Waals surface area contributed by atoms with Gasteiger partial charge in [-0.3, -0.25) is 19.2 Å². The van der Waals surface area contributed by atoms with E-state index in [0.29, 0.717) is 12.1 Å². The molecule has 0 fully saturated rings. The largest absolute Gasteiger partial charge is 0.480 e. The number of aliphatic carboxylic acids is 1. The summed E-state index contributed by atoms with van der Waals surface area (Å²) in [7, 11) is 0. The van der Waals surface area contributed by atoms with Gasteiger partial charge < -0.3 is 37.5 Å². The number of carbonyl (C=O) groups excluding carboxylic acids is 4. The van der Waals surface area contributed by atoms with Crippen molar-refractivity contribution in [3.63, 3.8) is 0 Å². The van der Waals surface area contributed by atoms with Crippen LogP contribution in [0.3, 0.4) is 0 Å². The minimum Gasteiger partial charge on any atom is -0.480 e. The molecule has 1 aromatic rings. The van der Waals surface area contributed by atoms with Gasteiger partial charge >= 0.3 is 5.97 Å². The standard InChI is InChI=1S/C19H31N7O6/c1-3-10(2)16(21)18(30)23-8-15(28)25-13(6-11-7-22-9-24-11)17(29)26-12(19(31)32)4-5-14(20)27/h7,9-10,12-13,16H,3-6,8,21H2,1-2H3,(H2,20,27)(H,22,24)(H,23,30)(H,25,28)(H,26,29)(H,31,32). The fraction of sp³-hybridized carbons (Fsp3) is 0.579. The summed E-state index contributed by atoms with van der Waals surface area (Å²) >= 11 is 0. The Hall–Kier alpha value is -3.48. The molecule has 0 aliphatic carbocycles. The third-order valence-corrected chi connectivity index (χ3v) is 4.91. The number of carboxylic acid groups (broad SMARTS) is 1. The van der Waals surface area contributed by atoms with Gasteiger partial charge in [-0.25, -0.2) is 9.78 Å². The van der Waals surface area contributed by atoms with Gasteiger partial charge in [0.15, 0.2) is 0 Å². The fourth-order valence-corrected chi connectivity index (χ4v) is 2.68. The summed E-state index contributed by atoms with van der Waals surface area (Å²) in [6, 6.07) is -3.32. The Balaban J connectivity index is 2.79. The highest BCUT2D eigenvalue weighted by Crippen LogP contribution is 2.05. The van der Waals surface area contributed by atoms with Crippen molar-refractivity contribution in [3.8, 4) is 0 Å². The van der Waals surface area contributed by atoms with E-state index in [1.165, 1.54) is 12.5 Å². The minimum absolute atomic E-state index is 0.0138. The molecule has 4 unspecified atom stereocenters. The van der Waals surface area contributed by atoms with Gasteiger partial charge in [-0.2, -0.15) is 0 Å². The summed E-state index contributed by atoms with van der Waals surface area (Å²) in [6.45, 7) is 3.28. The Labute approximate surface area is 185 Å². The zero-order chi connectivity index (χ0) is 24.3. The third-order valence-electron chi connectivity index (χ3n) is 4.91. The number of nitrogens with zero attached hydrogens (tertiary/aromatic N) is 1. The molecular weight excluding hydrogens is 422 g/mol. The first kappa shape index (κ1) is 26.6. The predicted molar refractivity (Wildman–Crippen MR) is 113 cm³/mol. The number of hydrogen-bond acceptors (Lipinski definition) is 7. The summed E-state index contributed by atoms with van der Waals surface area (Å²) in [4.78, 5) is 66.1. The molecular formula is C19H31N7O6. The number of carboxylic acids is 1. The topological polar surface area (TPSA) is 222 Å². The number of rotatable bonds is 14. The van der Waals surface area contributed by atoms with Gasteiger partial charge in [-0.1, -0.05) is 20.3 Å². The molecule has 0 aliphatic rings. The summed E-state index contributed by atoms with van der Waals surface area (Å²) < 4.78 is 0. The first-order chi connectivity index (χ1) is 15.0. The van der Waals surface area contributed by atoms with E-state index in [-0.39, 0.29) is 25.2 Å². The lowest BCUT2D eigenvalue weighted by molar-refractivity contribution is -0.142. The summed E-state index contributed by atoms with van der Waals surface area (Å²) in [5.41, 5.74) is 11.4. The average molecular weight is 454 g/mol. The highest BCUT2D eigenvalue weighted by atomic mass is 16.4. The number of carbonyl (C=O) groups is 5. The van der Waals surface area contributed by atoms with E-state index in [4.69, 9.17) is 11.5 Å². The number of amides is 4. The number of imidazole rings is 1. The van der Waals surface area contributed by atoms with Crippen molar-refractivity contribution in [1.29, 1.82) is 0 Å². The van der Waals surface area contributed by atoms with Gasteiger partial charge in [-0.15, -0.1) is 0 Å². The summed E-state index contributed by atoms with van der Waals surface area (Å²) in [5.74, 6) is -4.09. The second-order valence-corrected chi connectivity index (χ2v) is 7.43. The van der Waals surface area contributed by atoms with Gasteiger partial charge in [0, 0.05) is 24.7 Å². The maximum atomic E-state index is 12.7. The molecule has 13 heteroatoms.